The fraction of sp³-hybridized carbons (Fsp3) is 0.312. The number of hydrogen-bond acceptors (Lipinski definition) is 5. The molecule has 3 aromatic rings. The second-order valence-corrected chi connectivity index (χ2v) is 11.2. The summed E-state index contributed by atoms with van der Waals surface area (Å²) in [5, 5.41) is 0.259. The Balaban J connectivity index is 1.60. The minimum absolute atomic E-state index is 0.259. The summed E-state index contributed by atoms with van der Waals surface area (Å²) in [6.45, 7) is 5.42. The molecule has 5 rings (SSSR count). The molecule has 2 heterocycles. The van der Waals surface area contributed by atoms with Crippen LogP contribution in [0.15, 0.2) is 102 Å². The molecule has 0 amide bonds. The molecule has 3 aromatic carbocycles. The summed E-state index contributed by atoms with van der Waals surface area (Å²) in [5.74, 6) is 1.26. The monoisotopic (exact) mass is 510 g/mol. The van der Waals surface area contributed by atoms with Crippen LogP contribution in [-0.4, -0.2) is 56.0 Å². The number of hydrogen-bond donors (Lipinski definition) is 0. The second kappa shape index (κ2) is 11.5. The highest BCUT2D eigenvalue weighted by Crippen LogP contribution is 2.46. The van der Waals surface area contributed by atoms with Crippen molar-refractivity contribution in [1.29, 1.82) is 0 Å². The molecule has 0 aromatic heterocycles. The van der Waals surface area contributed by atoms with Gasteiger partial charge in [0, 0.05) is 36.3 Å². The Morgan fingerprint density at radius 2 is 1.54 bits per heavy atom. The van der Waals surface area contributed by atoms with Gasteiger partial charge in [0.2, 0.25) is 0 Å². The Kier molecular flexibility index (Phi) is 7.92. The summed E-state index contributed by atoms with van der Waals surface area (Å²) >= 11 is 1.93. The first-order valence-corrected chi connectivity index (χ1v) is 14.2. The van der Waals surface area contributed by atoms with E-state index < -0.39 is 0 Å². The van der Waals surface area contributed by atoms with Crippen molar-refractivity contribution in [1.82, 2.24) is 9.80 Å². The molecule has 0 bridgehead atoms. The quantitative estimate of drug-likeness (QED) is 0.299. The van der Waals surface area contributed by atoms with Gasteiger partial charge in [-0.05, 0) is 81.5 Å². The van der Waals surface area contributed by atoms with Gasteiger partial charge in [-0.3, -0.25) is 4.90 Å². The highest BCUT2D eigenvalue weighted by Gasteiger charge is 2.30. The Morgan fingerprint density at radius 1 is 0.838 bits per heavy atom. The van der Waals surface area contributed by atoms with Gasteiger partial charge in [-0.15, -0.1) is 0 Å². The lowest BCUT2D eigenvalue weighted by Gasteiger charge is -2.40. The van der Waals surface area contributed by atoms with Crippen LogP contribution in [-0.2, 0) is 0 Å². The van der Waals surface area contributed by atoms with E-state index in [-0.39, 0.29) is 5.37 Å². The second-order valence-electron chi connectivity index (χ2n) is 10.0. The zero-order valence-corrected chi connectivity index (χ0v) is 23.3. The van der Waals surface area contributed by atoms with Gasteiger partial charge >= 0.3 is 0 Å². The van der Waals surface area contributed by atoms with E-state index in [1.807, 2.05) is 11.8 Å². The van der Waals surface area contributed by atoms with E-state index in [9.17, 15) is 0 Å². The Morgan fingerprint density at radius 3 is 2.27 bits per heavy atom. The van der Waals surface area contributed by atoms with Crippen LogP contribution in [0.1, 0.15) is 25.3 Å². The number of nitrogens with zero attached hydrogens (tertiary/aromatic N) is 4. The van der Waals surface area contributed by atoms with E-state index in [2.05, 4.69) is 139 Å². The molecule has 0 saturated heterocycles. The maximum Gasteiger partial charge on any atom is 0.114 e. The van der Waals surface area contributed by atoms with E-state index >= 15 is 0 Å². The Hall–Kier alpha value is -3.15. The smallest absolute Gasteiger partial charge is 0.114 e. The van der Waals surface area contributed by atoms with Crippen LogP contribution in [0.2, 0.25) is 0 Å². The number of allylic oxidation sites excluding steroid dienone is 2. The van der Waals surface area contributed by atoms with Gasteiger partial charge in [-0.1, -0.05) is 67.2 Å². The number of benzene rings is 3. The summed E-state index contributed by atoms with van der Waals surface area (Å²) in [4.78, 5) is 11.1. The molecule has 0 spiro atoms. The molecule has 0 aliphatic carbocycles. The lowest BCUT2D eigenvalue weighted by atomic mass is 9.97. The van der Waals surface area contributed by atoms with Crippen molar-refractivity contribution in [2.24, 2.45) is 0 Å². The minimum atomic E-state index is 0.259. The van der Waals surface area contributed by atoms with Crippen molar-refractivity contribution >= 4 is 34.4 Å². The SMILES string of the molecule is CCCN(CCCN(C)C)C1=CC(=CC2Sc3ccccc3N2C)c2ccccc2N1c1ccccc1. The van der Waals surface area contributed by atoms with Crippen LogP contribution in [0.25, 0.3) is 5.57 Å². The zero-order chi connectivity index (χ0) is 25.8. The van der Waals surface area contributed by atoms with Crippen molar-refractivity contribution < 1.29 is 0 Å². The summed E-state index contributed by atoms with van der Waals surface area (Å²) in [7, 11) is 6.52. The van der Waals surface area contributed by atoms with E-state index in [0.29, 0.717) is 0 Å². The molecular weight excluding hydrogens is 472 g/mol. The summed E-state index contributed by atoms with van der Waals surface area (Å²) in [6, 6.07) is 28.4. The number of thioether (sulfide) groups is 1. The van der Waals surface area contributed by atoms with Crippen molar-refractivity contribution in [3.05, 3.63) is 102 Å². The third-order valence-corrected chi connectivity index (χ3v) is 8.32. The predicted octanol–water partition coefficient (Wildman–Crippen LogP) is 7.30. The van der Waals surface area contributed by atoms with Gasteiger partial charge < -0.3 is 14.7 Å². The molecule has 37 heavy (non-hydrogen) atoms. The van der Waals surface area contributed by atoms with Crippen LogP contribution in [0.3, 0.4) is 0 Å². The molecule has 192 valence electrons. The average Bonchev–Trinajstić information content (AvgIpc) is 3.23. The molecule has 0 fully saturated rings. The van der Waals surface area contributed by atoms with E-state index in [4.69, 9.17) is 0 Å². The van der Waals surface area contributed by atoms with Gasteiger partial charge in [0.05, 0.1) is 16.7 Å². The lowest BCUT2D eigenvalue weighted by molar-refractivity contribution is 0.304. The maximum atomic E-state index is 2.58. The summed E-state index contributed by atoms with van der Waals surface area (Å²) in [6.07, 6.45) is 7.12. The predicted molar refractivity (Wildman–Crippen MR) is 161 cm³/mol. The van der Waals surface area contributed by atoms with Crippen molar-refractivity contribution in [3.63, 3.8) is 0 Å². The molecular formula is C32H38N4S. The van der Waals surface area contributed by atoms with Gasteiger partial charge in [0.15, 0.2) is 0 Å². The maximum absolute atomic E-state index is 2.58. The first-order valence-electron chi connectivity index (χ1n) is 13.3. The number of fused-ring (bicyclic) bond motifs is 2. The van der Waals surface area contributed by atoms with Crippen molar-refractivity contribution in [3.8, 4) is 0 Å². The highest BCUT2D eigenvalue weighted by atomic mass is 32.2. The summed E-state index contributed by atoms with van der Waals surface area (Å²) in [5.41, 5.74) is 6.33. The van der Waals surface area contributed by atoms with Gasteiger partial charge in [0.25, 0.3) is 0 Å². The summed E-state index contributed by atoms with van der Waals surface area (Å²) < 4.78 is 0. The van der Waals surface area contributed by atoms with Crippen LogP contribution in [0.5, 0.6) is 0 Å². The average molecular weight is 511 g/mol. The topological polar surface area (TPSA) is 13.0 Å². The molecule has 2 aliphatic heterocycles. The van der Waals surface area contributed by atoms with Gasteiger partial charge in [0.1, 0.15) is 5.82 Å². The molecule has 2 aliphatic rings. The number of para-hydroxylation sites is 3. The first-order chi connectivity index (χ1) is 18.1. The van der Waals surface area contributed by atoms with E-state index in [0.717, 1.165) is 32.5 Å². The molecule has 5 heteroatoms. The molecule has 1 atom stereocenters. The Bertz CT molecular complexity index is 1270. The molecule has 0 saturated carbocycles. The molecule has 4 nitrogen and oxygen atoms in total. The standard InChI is InChI=1S/C32H38N4S/c1-5-20-35(22-13-21-33(2)3)31-23-25(24-32-34(4)29-18-11-12-19-30(29)37-32)27-16-9-10-17-28(27)36(31)26-14-7-6-8-15-26/h6-12,14-19,23-24,32H,5,13,20-22H2,1-4H3. The minimum Gasteiger partial charge on any atom is -0.358 e. The van der Waals surface area contributed by atoms with Crippen molar-refractivity contribution in [2.75, 3.05) is 50.6 Å². The number of likely N-dealkylation sites (N-methyl/N-ethyl adjacent to an activating group) is 1. The van der Waals surface area contributed by atoms with E-state index in [1.54, 1.807) is 0 Å². The third kappa shape index (κ3) is 5.43. The van der Waals surface area contributed by atoms with Crippen LogP contribution in [0.4, 0.5) is 17.1 Å². The van der Waals surface area contributed by atoms with E-state index in [1.165, 1.54) is 38.9 Å². The van der Waals surface area contributed by atoms with Crippen LogP contribution >= 0.6 is 11.8 Å². The van der Waals surface area contributed by atoms with Crippen LogP contribution < -0.4 is 9.80 Å². The highest BCUT2D eigenvalue weighted by molar-refractivity contribution is 8.00. The molecule has 1 unspecified atom stereocenters. The first kappa shape index (κ1) is 25.5. The van der Waals surface area contributed by atoms with Gasteiger partial charge in [-0.25, -0.2) is 0 Å². The fourth-order valence-corrected chi connectivity index (χ4v) is 6.46. The lowest BCUT2D eigenvalue weighted by Crippen LogP contribution is -2.37. The normalized spacial score (nSPS) is 17.7. The van der Waals surface area contributed by atoms with Crippen LogP contribution in [0, 0.1) is 0 Å². The Labute approximate surface area is 226 Å². The number of rotatable bonds is 9. The molecule has 0 radical (unpaired) electrons. The fourth-order valence-electron chi connectivity index (χ4n) is 5.22. The zero-order valence-electron chi connectivity index (χ0n) is 22.5. The third-order valence-electron chi connectivity index (χ3n) is 7.03. The largest absolute Gasteiger partial charge is 0.358 e. The van der Waals surface area contributed by atoms with Gasteiger partial charge in [-0.2, -0.15) is 0 Å². The molecule has 0 N–H and O–H groups in total. The van der Waals surface area contributed by atoms with Crippen molar-refractivity contribution in [2.45, 2.75) is 30.0 Å². The number of anilines is 3.